The van der Waals surface area contributed by atoms with Crippen molar-refractivity contribution < 1.29 is 22.4 Å². The Balaban J connectivity index is 1.32. The number of rotatable bonds is 6. The van der Waals surface area contributed by atoms with Gasteiger partial charge in [-0.3, -0.25) is 9.78 Å². The van der Waals surface area contributed by atoms with Crippen molar-refractivity contribution in [2.45, 2.75) is 31.3 Å². The predicted molar refractivity (Wildman–Crippen MR) is 110 cm³/mol. The first-order chi connectivity index (χ1) is 14.4. The second-order valence-corrected chi connectivity index (χ2v) is 9.86. The van der Waals surface area contributed by atoms with Gasteiger partial charge in [0.25, 0.3) is 0 Å². The van der Waals surface area contributed by atoms with Gasteiger partial charge in [-0.25, -0.2) is 13.4 Å². The molecule has 1 aliphatic heterocycles. The average Bonchev–Trinajstić information content (AvgIpc) is 3.42. The number of piperidine rings is 1. The van der Waals surface area contributed by atoms with Crippen LogP contribution in [0.4, 0.5) is 0 Å². The molecule has 30 heavy (non-hydrogen) atoms. The second kappa shape index (κ2) is 8.66. The summed E-state index contributed by atoms with van der Waals surface area (Å²) in [7, 11) is -3.59. The highest BCUT2D eigenvalue weighted by molar-refractivity contribution is 7.89. The molecule has 1 aliphatic rings. The van der Waals surface area contributed by atoms with E-state index in [9.17, 15) is 13.2 Å². The van der Waals surface area contributed by atoms with Crippen LogP contribution in [0.25, 0.3) is 10.8 Å². The Labute approximate surface area is 178 Å². The van der Waals surface area contributed by atoms with E-state index < -0.39 is 10.0 Å². The Kier molecular flexibility index (Phi) is 5.98. The third-order valence-electron chi connectivity index (χ3n) is 5.04. The summed E-state index contributed by atoms with van der Waals surface area (Å²) in [5.41, 5.74) is 0.586. The molecule has 0 saturated carbocycles. The fraction of sp³-hybridized carbons (Fsp3) is 0.350. The van der Waals surface area contributed by atoms with Crippen LogP contribution in [0.5, 0.6) is 0 Å². The second-order valence-electron chi connectivity index (χ2n) is 6.97. The maximum Gasteiger partial charge on any atom is 0.309 e. The quantitative estimate of drug-likeness (QED) is 0.534. The molecule has 4 heterocycles. The summed E-state index contributed by atoms with van der Waals surface area (Å²) >= 11 is 1.52. The number of sulfonamides is 1. The molecular weight excluding hydrogens is 426 g/mol. The number of carbonyl (C=O) groups is 1. The van der Waals surface area contributed by atoms with Crippen LogP contribution in [0.15, 0.2) is 51.4 Å². The third-order valence-corrected chi connectivity index (χ3v) is 7.78. The summed E-state index contributed by atoms with van der Waals surface area (Å²) in [5.74, 6) is 0.453. The first-order valence-electron chi connectivity index (χ1n) is 9.52. The minimum atomic E-state index is -3.59. The van der Waals surface area contributed by atoms with E-state index in [2.05, 4.69) is 9.97 Å². The molecule has 0 N–H and O–H groups in total. The Bertz CT molecular complexity index is 1100. The molecule has 3 aromatic rings. The van der Waals surface area contributed by atoms with Gasteiger partial charge in [0.15, 0.2) is 0 Å². The van der Waals surface area contributed by atoms with Gasteiger partial charge in [-0.1, -0.05) is 6.07 Å². The molecule has 0 bridgehead atoms. The Morgan fingerprint density at radius 2 is 2.10 bits per heavy atom. The summed E-state index contributed by atoms with van der Waals surface area (Å²) in [5, 5.41) is 1.94. The molecule has 10 heteroatoms. The van der Waals surface area contributed by atoms with Crippen molar-refractivity contribution in [3.8, 4) is 10.8 Å². The van der Waals surface area contributed by atoms with Gasteiger partial charge >= 0.3 is 5.97 Å². The highest BCUT2D eigenvalue weighted by atomic mass is 32.2. The molecular formula is C20H21N3O5S2. The van der Waals surface area contributed by atoms with Crippen LogP contribution in [0.2, 0.25) is 0 Å². The molecule has 0 atom stereocenters. The molecule has 8 nitrogen and oxygen atoms in total. The fourth-order valence-corrected chi connectivity index (χ4v) is 5.39. The summed E-state index contributed by atoms with van der Waals surface area (Å²) in [6, 6.07) is 6.94. The SMILES string of the molecule is Cc1oc(-c2cccs2)nc1COC(=O)C1CCN(S(=O)(=O)c2cccnc2)CC1. The molecule has 1 fully saturated rings. The van der Waals surface area contributed by atoms with Crippen LogP contribution in [-0.2, 0) is 26.2 Å². The number of aryl methyl sites for hydroxylation is 1. The topological polar surface area (TPSA) is 103 Å². The van der Waals surface area contributed by atoms with Crippen molar-refractivity contribution in [3.05, 3.63) is 53.5 Å². The van der Waals surface area contributed by atoms with Crippen LogP contribution in [0.3, 0.4) is 0 Å². The molecule has 1 saturated heterocycles. The van der Waals surface area contributed by atoms with E-state index in [1.165, 1.54) is 34.1 Å². The number of thiophene rings is 1. The maximum atomic E-state index is 12.7. The molecule has 4 rings (SSSR count). The molecule has 0 aliphatic carbocycles. The average molecular weight is 448 g/mol. The zero-order valence-electron chi connectivity index (χ0n) is 16.4. The van der Waals surface area contributed by atoms with Gasteiger partial charge in [-0.05, 0) is 43.3 Å². The smallest absolute Gasteiger partial charge is 0.309 e. The number of pyridine rings is 1. The van der Waals surface area contributed by atoms with Gasteiger partial charge in [0.05, 0.1) is 10.8 Å². The van der Waals surface area contributed by atoms with Gasteiger partial charge in [-0.15, -0.1) is 11.3 Å². The van der Waals surface area contributed by atoms with Crippen LogP contribution < -0.4 is 0 Å². The lowest BCUT2D eigenvalue weighted by atomic mass is 9.98. The summed E-state index contributed by atoms with van der Waals surface area (Å²) < 4.78 is 37.8. The van der Waals surface area contributed by atoms with Gasteiger partial charge < -0.3 is 9.15 Å². The number of carbonyl (C=O) groups excluding carboxylic acids is 1. The predicted octanol–water partition coefficient (Wildman–Crippen LogP) is 3.25. The van der Waals surface area contributed by atoms with Crippen molar-refractivity contribution in [2.75, 3.05) is 13.1 Å². The maximum absolute atomic E-state index is 12.7. The van der Waals surface area contributed by atoms with Crippen molar-refractivity contribution in [1.29, 1.82) is 0 Å². The van der Waals surface area contributed by atoms with Gasteiger partial charge in [-0.2, -0.15) is 4.31 Å². The van der Waals surface area contributed by atoms with E-state index in [0.717, 1.165) is 4.88 Å². The highest BCUT2D eigenvalue weighted by Gasteiger charge is 2.33. The Hall–Kier alpha value is -2.56. The molecule has 0 unspecified atom stereocenters. The number of ether oxygens (including phenoxy) is 1. The zero-order valence-corrected chi connectivity index (χ0v) is 18.0. The molecule has 0 radical (unpaired) electrons. The van der Waals surface area contributed by atoms with Crippen molar-refractivity contribution >= 4 is 27.3 Å². The minimum absolute atomic E-state index is 0.0355. The standard InChI is InChI=1S/C20H21N3O5S2/c1-14-17(22-19(28-14)18-5-3-11-29-18)13-27-20(24)15-6-9-23(10-7-15)30(25,26)16-4-2-8-21-12-16/h2-5,8,11-12,15H,6-7,9-10,13H2,1H3. The van der Waals surface area contributed by atoms with E-state index in [0.29, 0.717) is 30.2 Å². The first kappa shape index (κ1) is 20.7. The van der Waals surface area contributed by atoms with Gasteiger partial charge in [0.2, 0.25) is 15.9 Å². The van der Waals surface area contributed by atoms with E-state index in [4.69, 9.17) is 9.15 Å². The van der Waals surface area contributed by atoms with Crippen molar-refractivity contribution in [2.24, 2.45) is 5.92 Å². The highest BCUT2D eigenvalue weighted by Crippen LogP contribution is 2.27. The van der Waals surface area contributed by atoms with Crippen LogP contribution in [-0.4, -0.2) is 41.7 Å². The molecule has 0 aromatic carbocycles. The molecule has 158 valence electrons. The van der Waals surface area contributed by atoms with Crippen LogP contribution >= 0.6 is 11.3 Å². The summed E-state index contributed by atoms with van der Waals surface area (Å²) in [6.45, 7) is 2.35. The van der Waals surface area contributed by atoms with Gasteiger partial charge in [0, 0.05) is 25.5 Å². The van der Waals surface area contributed by atoms with Crippen molar-refractivity contribution in [3.63, 3.8) is 0 Å². The van der Waals surface area contributed by atoms with Crippen LogP contribution in [0.1, 0.15) is 24.3 Å². The first-order valence-corrected chi connectivity index (χ1v) is 11.8. The number of esters is 1. The molecule has 0 spiro atoms. The number of hydrogen-bond acceptors (Lipinski definition) is 8. The Morgan fingerprint density at radius 1 is 1.30 bits per heavy atom. The largest absolute Gasteiger partial charge is 0.459 e. The number of oxazole rings is 1. The number of nitrogens with zero attached hydrogens (tertiary/aromatic N) is 3. The Morgan fingerprint density at radius 3 is 2.77 bits per heavy atom. The number of hydrogen-bond donors (Lipinski definition) is 0. The third kappa shape index (κ3) is 4.30. The monoisotopic (exact) mass is 447 g/mol. The van der Waals surface area contributed by atoms with E-state index in [-0.39, 0.29) is 36.5 Å². The lowest BCUT2D eigenvalue weighted by Crippen LogP contribution is -2.40. The van der Waals surface area contributed by atoms with E-state index >= 15 is 0 Å². The normalized spacial score (nSPS) is 15.9. The van der Waals surface area contributed by atoms with Crippen molar-refractivity contribution in [1.82, 2.24) is 14.3 Å². The van der Waals surface area contributed by atoms with Gasteiger partial charge in [0.1, 0.15) is 23.0 Å². The van der Waals surface area contributed by atoms with Crippen LogP contribution in [0, 0.1) is 12.8 Å². The summed E-state index contributed by atoms with van der Waals surface area (Å²) in [6.07, 6.45) is 3.69. The molecule has 0 amide bonds. The lowest BCUT2D eigenvalue weighted by Gasteiger charge is -2.29. The molecule has 3 aromatic heterocycles. The minimum Gasteiger partial charge on any atom is -0.459 e. The van der Waals surface area contributed by atoms with E-state index in [1.54, 1.807) is 13.0 Å². The fourth-order valence-electron chi connectivity index (χ4n) is 3.31. The lowest BCUT2D eigenvalue weighted by molar-refractivity contribution is -0.151. The number of aromatic nitrogens is 2. The summed E-state index contributed by atoms with van der Waals surface area (Å²) in [4.78, 5) is 21.9. The zero-order chi connectivity index (χ0) is 21.1. The van der Waals surface area contributed by atoms with E-state index in [1.807, 2.05) is 17.5 Å².